The van der Waals surface area contributed by atoms with Crippen LogP contribution in [-0.2, 0) is 5.41 Å². The van der Waals surface area contributed by atoms with Crippen molar-refractivity contribution in [3.8, 4) is 0 Å². The van der Waals surface area contributed by atoms with E-state index in [2.05, 4.69) is 69.4 Å². The van der Waals surface area contributed by atoms with Crippen LogP contribution >= 0.6 is 11.8 Å². The third-order valence-electron chi connectivity index (χ3n) is 4.62. The molecule has 0 spiro atoms. The van der Waals surface area contributed by atoms with Crippen molar-refractivity contribution < 1.29 is 0 Å². The number of nitrogens with one attached hydrogen (secondary N) is 1. The van der Waals surface area contributed by atoms with E-state index >= 15 is 0 Å². The molecule has 129 valence electrons. The first-order valence-electron chi connectivity index (χ1n) is 8.87. The van der Waals surface area contributed by atoms with E-state index in [9.17, 15) is 0 Å². The zero-order valence-corrected chi connectivity index (χ0v) is 20.1. The molecule has 1 aliphatic heterocycles. The van der Waals surface area contributed by atoms with Crippen LogP contribution in [0, 0.1) is 6.92 Å². The number of nitrogens with zero attached hydrogens (tertiary/aromatic N) is 1. The SMILES string of the molecule is CCCCSc1cc(C)cc(Nc2cccc3c2N=[C]([Pb])C3(C)C)c1. The second-order valence-corrected chi connectivity index (χ2v) is 10.2. The topological polar surface area (TPSA) is 24.4 Å². The average Bonchev–Trinajstić information content (AvgIpc) is 2.78. The molecule has 0 aliphatic carbocycles. The summed E-state index contributed by atoms with van der Waals surface area (Å²) in [4.78, 5) is 6.26. The molecule has 2 nitrogen and oxygen atoms in total. The van der Waals surface area contributed by atoms with Crippen molar-refractivity contribution in [3.63, 3.8) is 0 Å². The monoisotopic (exact) mass is 545 g/mol. The summed E-state index contributed by atoms with van der Waals surface area (Å²) < 4.78 is 1.32. The molecule has 2 aromatic rings. The van der Waals surface area contributed by atoms with E-state index in [4.69, 9.17) is 4.99 Å². The van der Waals surface area contributed by atoms with Crippen LogP contribution in [0.1, 0.15) is 44.7 Å². The molecule has 1 N–H and O–H groups in total. The van der Waals surface area contributed by atoms with Gasteiger partial charge >= 0.3 is 165 Å². The van der Waals surface area contributed by atoms with E-state index < -0.39 is 0 Å². The number of para-hydroxylation sites is 1. The first-order chi connectivity index (χ1) is 11.9. The maximum absolute atomic E-state index is 4.92. The summed E-state index contributed by atoms with van der Waals surface area (Å²) in [6.07, 6.45) is 2.51. The molecule has 0 unspecified atom stereocenters. The fraction of sp³-hybridized carbons (Fsp3) is 0.381. The normalized spacial score (nSPS) is 15.0. The fourth-order valence-corrected chi connectivity index (χ4v) is 5.15. The number of hydrogen-bond acceptors (Lipinski definition) is 3. The quantitative estimate of drug-likeness (QED) is 0.269. The van der Waals surface area contributed by atoms with Gasteiger partial charge in [0.2, 0.25) is 0 Å². The Hall–Kier alpha value is -0.818. The Bertz CT molecular complexity index is 812. The average molecular weight is 545 g/mol. The van der Waals surface area contributed by atoms with Gasteiger partial charge in [0, 0.05) is 0 Å². The molecule has 25 heavy (non-hydrogen) atoms. The zero-order chi connectivity index (χ0) is 18.0. The third-order valence-corrected chi connectivity index (χ3v) is 8.55. The molecule has 1 heterocycles. The molecule has 0 bridgehead atoms. The number of rotatable bonds is 6. The molecule has 2 aromatic carbocycles. The zero-order valence-electron chi connectivity index (χ0n) is 15.4. The van der Waals surface area contributed by atoms with E-state index in [1.807, 2.05) is 11.8 Å². The van der Waals surface area contributed by atoms with Crippen LogP contribution in [0.2, 0.25) is 0 Å². The van der Waals surface area contributed by atoms with Gasteiger partial charge in [-0.25, -0.2) is 0 Å². The predicted octanol–water partition coefficient (Wildman–Crippen LogP) is 6.12. The Kier molecular flexibility index (Phi) is 5.93. The van der Waals surface area contributed by atoms with Crippen LogP contribution in [-0.4, -0.2) is 34.8 Å². The van der Waals surface area contributed by atoms with E-state index in [-0.39, 0.29) is 5.41 Å². The Labute approximate surface area is 171 Å². The maximum atomic E-state index is 4.92. The molecule has 0 amide bonds. The van der Waals surface area contributed by atoms with Crippen molar-refractivity contribution in [2.75, 3.05) is 11.1 Å². The first kappa shape index (κ1) is 19.0. The van der Waals surface area contributed by atoms with Crippen LogP contribution < -0.4 is 5.32 Å². The molecule has 1 aliphatic rings. The first-order valence-corrected chi connectivity index (χ1v) is 11.8. The van der Waals surface area contributed by atoms with Crippen molar-refractivity contribution >= 4 is 57.9 Å². The number of hydrogen-bond donors (Lipinski definition) is 1. The summed E-state index contributed by atoms with van der Waals surface area (Å²) in [6, 6.07) is 13.3. The van der Waals surface area contributed by atoms with Gasteiger partial charge in [-0.3, -0.25) is 0 Å². The molecule has 3 radical (unpaired) electrons. The van der Waals surface area contributed by atoms with Gasteiger partial charge in [-0.2, -0.15) is 0 Å². The number of aliphatic imine (C=N–C) groups is 1. The van der Waals surface area contributed by atoms with Crippen LogP contribution in [0.4, 0.5) is 17.1 Å². The number of unbranched alkanes of at least 4 members (excludes halogenated alkanes) is 1. The van der Waals surface area contributed by atoms with Gasteiger partial charge in [0.25, 0.3) is 0 Å². The fourth-order valence-electron chi connectivity index (χ4n) is 3.04. The number of anilines is 2. The number of aryl methyl sites for hydroxylation is 1. The van der Waals surface area contributed by atoms with Crippen LogP contribution in [0.5, 0.6) is 0 Å². The van der Waals surface area contributed by atoms with Gasteiger partial charge < -0.3 is 0 Å². The van der Waals surface area contributed by atoms with Crippen LogP contribution in [0.15, 0.2) is 46.3 Å². The summed E-state index contributed by atoms with van der Waals surface area (Å²) >= 11 is 2.95. The molecule has 0 saturated carbocycles. The molecule has 0 fully saturated rings. The molecular formula is C21H25N2PbS. The van der Waals surface area contributed by atoms with E-state index in [0.717, 1.165) is 42.8 Å². The van der Waals surface area contributed by atoms with Gasteiger partial charge in [-0.1, -0.05) is 6.92 Å². The van der Waals surface area contributed by atoms with E-state index in [1.54, 1.807) is 0 Å². The van der Waals surface area contributed by atoms with Crippen molar-refractivity contribution in [2.24, 2.45) is 4.99 Å². The van der Waals surface area contributed by atoms with Crippen molar-refractivity contribution in [2.45, 2.75) is 50.8 Å². The summed E-state index contributed by atoms with van der Waals surface area (Å²) in [5.41, 5.74) is 6.11. The molecule has 4 heteroatoms. The molecule has 3 rings (SSSR count). The summed E-state index contributed by atoms with van der Waals surface area (Å²) in [6.45, 7) is 8.97. The van der Waals surface area contributed by atoms with E-state index in [0.29, 0.717) is 0 Å². The van der Waals surface area contributed by atoms with Gasteiger partial charge in [-0.15, -0.1) is 0 Å². The molecule has 0 atom stereocenters. The molecule has 0 aromatic heterocycles. The molecule has 0 saturated heterocycles. The summed E-state index contributed by atoms with van der Waals surface area (Å²) in [5.74, 6) is 1.18. The Morgan fingerprint density at radius 1 is 1.20 bits per heavy atom. The number of thioether (sulfide) groups is 1. The van der Waals surface area contributed by atoms with Gasteiger partial charge in [0.15, 0.2) is 0 Å². The Balaban J connectivity index is 1.88. The number of fused-ring (bicyclic) bond motifs is 1. The summed E-state index contributed by atoms with van der Waals surface area (Å²) in [5, 5.41) is 3.63. The predicted molar refractivity (Wildman–Crippen MR) is 112 cm³/mol. The van der Waals surface area contributed by atoms with Crippen molar-refractivity contribution in [1.82, 2.24) is 0 Å². The van der Waals surface area contributed by atoms with Crippen molar-refractivity contribution in [1.29, 1.82) is 0 Å². The second kappa shape index (κ2) is 7.82. The van der Waals surface area contributed by atoms with Gasteiger partial charge in [0.1, 0.15) is 0 Å². The van der Waals surface area contributed by atoms with Crippen LogP contribution in [0.3, 0.4) is 0 Å². The second-order valence-electron chi connectivity index (χ2n) is 7.15. The number of benzene rings is 2. The minimum absolute atomic E-state index is 0.0764. The van der Waals surface area contributed by atoms with Gasteiger partial charge in [0.05, 0.1) is 0 Å². The standard InChI is InChI=1S/C21H25N2S.Pb/c1-5-6-10-24-17-12-15(2)11-16(13-17)23-19-9-7-8-18-20(19)22-14-21(18,3)4;/h7-9,11-13,23H,5-6,10H2,1-4H3;. The Morgan fingerprint density at radius 2 is 2.00 bits per heavy atom. The molecular weight excluding hydrogens is 520 g/mol. The van der Waals surface area contributed by atoms with Gasteiger partial charge in [-0.05, 0) is 0 Å². The Morgan fingerprint density at radius 3 is 2.76 bits per heavy atom. The van der Waals surface area contributed by atoms with Crippen LogP contribution in [0.25, 0.3) is 0 Å². The third kappa shape index (κ3) is 4.13. The van der Waals surface area contributed by atoms with Crippen molar-refractivity contribution in [3.05, 3.63) is 47.5 Å². The minimum atomic E-state index is 0.0764. The summed E-state index contributed by atoms with van der Waals surface area (Å²) in [7, 11) is 0. The van der Waals surface area contributed by atoms with E-state index in [1.165, 1.54) is 37.9 Å².